The standard InChI is InChI=1S/C11H17NOS/c1-13-7-6-12-9-10-4-3-5-11(8-10)14-2/h3-5,8,12H,6-7,9H2,1-2H3. The summed E-state index contributed by atoms with van der Waals surface area (Å²) >= 11 is 1.77. The molecule has 0 unspecified atom stereocenters. The predicted molar refractivity (Wildman–Crippen MR) is 61.8 cm³/mol. The maximum atomic E-state index is 4.96. The normalized spacial score (nSPS) is 10.4. The second-order valence-corrected chi connectivity index (χ2v) is 3.90. The summed E-state index contributed by atoms with van der Waals surface area (Å²) < 4.78 is 4.96. The largest absolute Gasteiger partial charge is 0.383 e. The van der Waals surface area contributed by atoms with Gasteiger partial charge in [-0.25, -0.2) is 0 Å². The predicted octanol–water partition coefficient (Wildman–Crippen LogP) is 2.14. The molecule has 78 valence electrons. The Hall–Kier alpha value is -0.510. The second-order valence-electron chi connectivity index (χ2n) is 3.02. The molecule has 14 heavy (non-hydrogen) atoms. The van der Waals surface area contributed by atoms with Gasteiger partial charge < -0.3 is 10.1 Å². The molecule has 0 atom stereocenters. The van der Waals surface area contributed by atoms with Gasteiger partial charge in [-0.05, 0) is 24.0 Å². The van der Waals surface area contributed by atoms with Crippen molar-refractivity contribution in [2.24, 2.45) is 0 Å². The number of hydrogen-bond acceptors (Lipinski definition) is 3. The molecule has 1 aromatic rings. The van der Waals surface area contributed by atoms with E-state index in [0.29, 0.717) is 0 Å². The van der Waals surface area contributed by atoms with Crippen molar-refractivity contribution in [3.05, 3.63) is 29.8 Å². The Morgan fingerprint density at radius 2 is 2.29 bits per heavy atom. The third-order valence-electron chi connectivity index (χ3n) is 1.95. The van der Waals surface area contributed by atoms with E-state index in [4.69, 9.17) is 4.74 Å². The van der Waals surface area contributed by atoms with Crippen LogP contribution in [0.2, 0.25) is 0 Å². The number of hydrogen-bond donors (Lipinski definition) is 1. The van der Waals surface area contributed by atoms with Crippen LogP contribution < -0.4 is 5.32 Å². The summed E-state index contributed by atoms with van der Waals surface area (Å²) in [6, 6.07) is 8.58. The Labute approximate surface area is 90.0 Å². The van der Waals surface area contributed by atoms with Crippen LogP contribution in [0.3, 0.4) is 0 Å². The minimum atomic E-state index is 0.766. The number of ether oxygens (including phenoxy) is 1. The van der Waals surface area contributed by atoms with E-state index in [2.05, 4.69) is 35.8 Å². The van der Waals surface area contributed by atoms with Crippen molar-refractivity contribution in [3.8, 4) is 0 Å². The van der Waals surface area contributed by atoms with E-state index in [1.54, 1.807) is 18.9 Å². The first-order chi connectivity index (χ1) is 6.86. The molecule has 0 radical (unpaired) electrons. The summed E-state index contributed by atoms with van der Waals surface area (Å²) in [5.74, 6) is 0. The first-order valence-corrected chi connectivity index (χ1v) is 5.92. The van der Waals surface area contributed by atoms with Crippen molar-refractivity contribution < 1.29 is 4.74 Å². The number of nitrogens with one attached hydrogen (secondary N) is 1. The monoisotopic (exact) mass is 211 g/mol. The minimum Gasteiger partial charge on any atom is -0.383 e. The Kier molecular flexibility index (Phi) is 5.68. The van der Waals surface area contributed by atoms with Gasteiger partial charge in [-0.2, -0.15) is 0 Å². The zero-order valence-corrected chi connectivity index (χ0v) is 9.56. The fourth-order valence-electron chi connectivity index (χ4n) is 1.19. The van der Waals surface area contributed by atoms with Crippen LogP contribution in [0.1, 0.15) is 5.56 Å². The Morgan fingerprint density at radius 3 is 3.00 bits per heavy atom. The average molecular weight is 211 g/mol. The quantitative estimate of drug-likeness (QED) is 0.575. The van der Waals surface area contributed by atoms with Crippen LogP contribution in [0.15, 0.2) is 29.2 Å². The number of methoxy groups -OCH3 is 1. The molecule has 0 heterocycles. The molecule has 1 N–H and O–H groups in total. The van der Waals surface area contributed by atoms with Gasteiger partial charge in [0.15, 0.2) is 0 Å². The van der Waals surface area contributed by atoms with Crippen molar-refractivity contribution >= 4 is 11.8 Å². The lowest BCUT2D eigenvalue weighted by molar-refractivity contribution is 0.199. The van der Waals surface area contributed by atoms with Gasteiger partial charge in [0.25, 0.3) is 0 Å². The van der Waals surface area contributed by atoms with Gasteiger partial charge in [0.1, 0.15) is 0 Å². The highest BCUT2D eigenvalue weighted by Gasteiger charge is 1.94. The van der Waals surface area contributed by atoms with E-state index in [0.717, 1.165) is 19.7 Å². The summed E-state index contributed by atoms with van der Waals surface area (Å²) in [5.41, 5.74) is 1.33. The molecule has 0 aliphatic heterocycles. The molecule has 2 nitrogen and oxygen atoms in total. The van der Waals surface area contributed by atoms with E-state index >= 15 is 0 Å². The molecular formula is C11H17NOS. The van der Waals surface area contributed by atoms with Crippen molar-refractivity contribution in [3.63, 3.8) is 0 Å². The molecule has 0 amide bonds. The lowest BCUT2D eigenvalue weighted by Gasteiger charge is -2.05. The molecular weight excluding hydrogens is 194 g/mol. The van der Waals surface area contributed by atoms with E-state index in [-0.39, 0.29) is 0 Å². The van der Waals surface area contributed by atoms with Crippen LogP contribution in [0.4, 0.5) is 0 Å². The summed E-state index contributed by atoms with van der Waals surface area (Å²) in [6.45, 7) is 2.58. The Morgan fingerprint density at radius 1 is 1.43 bits per heavy atom. The molecule has 0 fully saturated rings. The Bertz CT molecular complexity index is 265. The highest BCUT2D eigenvalue weighted by molar-refractivity contribution is 7.98. The molecule has 0 saturated carbocycles. The van der Waals surface area contributed by atoms with E-state index < -0.39 is 0 Å². The van der Waals surface area contributed by atoms with Gasteiger partial charge in [-0.1, -0.05) is 12.1 Å². The highest BCUT2D eigenvalue weighted by atomic mass is 32.2. The first kappa shape index (κ1) is 11.6. The average Bonchev–Trinajstić information content (AvgIpc) is 2.25. The van der Waals surface area contributed by atoms with Crippen molar-refractivity contribution in [2.45, 2.75) is 11.4 Å². The minimum absolute atomic E-state index is 0.766. The van der Waals surface area contributed by atoms with E-state index in [1.807, 2.05) is 0 Å². The van der Waals surface area contributed by atoms with Gasteiger partial charge in [0, 0.05) is 25.1 Å². The van der Waals surface area contributed by atoms with Crippen LogP contribution in [0.5, 0.6) is 0 Å². The molecule has 0 bridgehead atoms. The number of rotatable bonds is 6. The number of benzene rings is 1. The zero-order valence-electron chi connectivity index (χ0n) is 8.75. The van der Waals surface area contributed by atoms with Gasteiger partial charge in [-0.3, -0.25) is 0 Å². The fourth-order valence-corrected chi connectivity index (χ4v) is 1.67. The van der Waals surface area contributed by atoms with Gasteiger partial charge in [0.2, 0.25) is 0 Å². The SMILES string of the molecule is COCCNCc1cccc(SC)c1. The molecule has 3 heteroatoms. The fraction of sp³-hybridized carbons (Fsp3) is 0.455. The van der Waals surface area contributed by atoms with Crippen LogP contribution in [-0.2, 0) is 11.3 Å². The molecule has 1 aromatic carbocycles. The smallest absolute Gasteiger partial charge is 0.0587 e. The summed E-state index contributed by atoms with van der Waals surface area (Å²) in [6.07, 6.45) is 2.09. The molecule has 0 aliphatic carbocycles. The van der Waals surface area contributed by atoms with Gasteiger partial charge >= 0.3 is 0 Å². The zero-order chi connectivity index (χ0) is 10.2. The molecule has 0 aliphatic rings. The van der Waals surface area contributed by atoms with Crippen molar-refractivity contribution in [2.75, 3.05) is 26.5 Å². The third kappa shape index (κ3) is 4.13. The Balaban J connectivity index is 2.34. The van der Waals surface area contributed by atoms with E-state index in [1.165, 1.54) is 10.5 Å². The van der Waals surface area contributed by atoms with E-state index in [9.17, 15) is 0 Å². The third-order valence-corrected chi connectivity index (χ3v) is 2.67. The molecule has 0 spiro atoms. The molecule has 0 aromatic heterocycles. The van der Waals surface area contributed by atoms with Crippen LogP contribution in [0.25, 0.3) is 0 Å². The van der Waals surface area contributed by atoms with Crippen molar-refractivity contribution in [1.82, 2.24) is 5.32 Å². The van der Waals surface area contributed by atoms with Gasteiger partial charge in [-0.15, -0.1) is 11.8 Å². The van der Waals surface area contributed by atoms with Crippen molar-refractivity contribution in [1.29, 1.82) is 0 Å². The topological polar surface area (TPSA) is 21.3 Å². The molecule has 0 saturated heterocycles. The first-order valence-electron chi connectivity index (χ1n) is 4.69. The van der Waals surface area contributed by atoms with Crippen LogP contribution >= 0.6 is 11.8 Å². The summed E-state index contributed by atoms with van der Waals surface area (Å²) in [5, 5.41) is 3.32. The number of thioether (sulfide) groups is 1. The lowest BCUT2D eigenvalue weighted by Crippen LogP contribution is -2.18. The maximum Gasteiger partial charge on any atom is 0.0587 e. The summed E-state index contributed by atoms with van der Waals surface area (Å²) in [7, 11) is 1.72. The maximum absolute atomic E-state index is 4.96. The van der Waals surface area contributed by atoms with Gasteiger partial charge in [0.05, 0.1) is 6.61 Å². The van der Waals surface area contributed by atoms with Crippen LogP contribution in [0, 0.1) is 0 Å². The lowest BCUT2D eigenvalue weighted by atomic mass is 10.2. The molecule has 1 rings (SSSR count). The summed E-state index contributed by atoms with van der Waals surface area (Å²) in [4.78, 5) is 1.32. The second kappa shape index (κ2) is 6.87. The van der Waals surface area contributed by atoms with Crippen LogP contribution in [-0.4, -0.2) is 26.5 Å². The highest BCUT2D eigenvalue weighted by Crippen LogP contribution is 2.15.